The molecule has 9 heteroatoms. The summed E-state index contributed by atoms with van der Waals surface area (Å²) in [6.07, 6.45) is 4.31. The van der Waals surface area contributed by atoms with E-state index in [1.807, 2.05) is 12.3 Å². The SMILES string of the molecule is Cc1cnc(N[C@H]2C[C@@H](O)CN(Cc3ccccc3)C2)nc1-c1cn(COCC[Si](C)(C)C)c2cc(Br)ccc12. The van der Waals surface area contributed by atoms with Crippen LogP contribution in [0.3, 0.4) is 0 Å². The molecule has 7 nitrogen and oxygen atoms in total. The van der Waals surface area contributed by atoms with Crippen molar-refractivity contribution >= 4 is 40.9 Å². The van der Waals surface area contributed by atoms with Gasteiger partial charge in [-0.15, -0.1) is 0 Å². The number of aromatic nitrogens is 3. The number of nitrogens with zero attached hydrogens (tertiary/aromatic N) is 4. The van der Waals surface area contributed by atoms with Gasteiger partial charge in [-0.3, -0.25) is 4.90 Å². The minimum absolute atomic E-state index is 0.0556. The zero-order valence-electron chi connectivity index (χ0n) is 23.9. The molecule has 2 N–H and O–H groups in total. The standard InChI is InChI=1S/C31H40BrN5O2Si/c1-22-16-33-31(34-25-15-26(38)19-36(18-25)17-23-8-6-5-7-9-23)35-30(22)28-20-37(21-39-12-13-40(2,3)4)29-14-24(32)10-11-27(28)29/h5-11,14,16,20,25-26,38H,12-13,15,17-19,21H2,1-4H3,(H,33,34,35)/t25-,26+/m0/s1. The molecule has 3 heterocycles. The normalized spacial score (nSPS) is 18.4. The number of aliphatic hydroxyl groups is 1. The Morgan fingerprint density at radius 3 is 2.70 bits per heavy atom. The Balaban J connectivity index is 1.36. The van der Waals surface area contributed by atoms with Gasteiger partial charge in [0, 0.05) is 68.2 Å². The summed E-state index contributed by atoms with van der Waals surface area (Å²) >= 11 is 3.64. The second kappa shape index (κ2) is 12.5. The summed E-state index contributed by atoms with van der Waals surface area (Å²) in [5.74, 6) is 0.587. The molecule has 0 amide bonds. The minimum atomic E-state index is -1.15. The van der Waals surface area contributed by atoms with Crippen LogP contribution in [-0.2, 0) is 18.0 Å². The molecule has 2 atom stereocenters. The molecule has 0 spiro atoms. The number of anilines is 1. The molecule has 0 bridgehead atoms. The number of likely N-dealkylation sites (tertiary alicyclic amines) is 1. The van der Waals surface area contributed by atoms with E-state index in [0.717, 1.165) is 57.9 Å². The van der Waals surface area contributed by atoms with E-state index in [4.69, 9.17) is 9.72 Å². The van der Waals surface area contributed by atoms with E-state index >= 15 is 0 Å². The first-order valence-electron chi connectivity index (χ1n) is 14.1. The van der Waals surface area contributed by atoms with Crippen molar-refractivity contribution in [1.29, 1.82) is 0 Å². The topological polar surface area (TPSA) is 75.4 Å². The fraction of sp³-hybridized carbons (Fsp3) is 0.419. The summed E-state index contributed by atoms with van der Waals surface area (Å²) in [5, 5.41) is 15.3. The van der Waals surface area contributed by atoms with E-state index in [0.29, 0.717) is 25.6 Å². The summed E-state index contributed by atoms with van der Waals surface area (Å²) < 4.78 is 9.33. The molecule has 0 unspecified atom stereocenters. The molecule has 2 aromatic carbocycles. The number of piperidine rings is 1. The number of fused-ring (bicyclic) bond motifs is 1. The Bertz CT molecular complexity index is 1440. The summed E-state index contributed by atoms with van der Waals surface area (Å²) in [6.45, 7) is 12.7. The number of benzene rings is 2. The van der Waals surface area contributed by atoms with E-state index in [9.17, 15) is 5.11 Å². The lowest BCUT2D eigenvalue weighted by atomic mass is 10.0. The Kier molecular flexibility index (Phi) is 9.07. The maximum atomic E-state index is 10.6. The van der Waals surface area contributed by atoms with E-state index in [1.165, 1.54) is 5.56 Å². The van der Waals surface area contributed by atoms with Gasteiger partial charge < -0.3 is 19.7 Å². The summed E-state index contributed by atoms with van der Waals surface area (Å²) in [7, 11) is -1.15. The maximum absolute atomic E-state index is 10.6. The first kappa shape index (κ1) is 28.9. The molecule has 0 radical (unpaired) electrons. The average molecular weight is 623 g/mol. The van der Waals surface area contributed by atoms with Crippen LogP contribution < -0.4 is 5.32 Å². The zero-order valence-corrected chi connectivity index (χ0v) is 26.5. The lowest BCUT2D eigenvalue weighted by Crippen LogP contribution is -2.48. The van der Waals surface area contributed by atoms with Crippen LogP contribution in [0.25, 0.3) is 22.2 Å². The first-order valence-corrected chi connectivity index (χ1v) is 18.6. The molecule has 40 heavy (non-hydrogen) atoms. The van der Waals surface area contributed by atoms with Crippen molar-refractivity contribution in [3.63, 3.8) is 0 Å². The monoisotopic (exact) mass is 621 g/mol. The van der Waals surface area contributed by atoms with Crippen molar-refractivity contribution in [2.75, 3.05) is 25.0 Å². The Morgan fingerprint density at radius 2 is 1.93 bits per heavy atom. The predicted octanol–water partition coefficient (Wildman–Crippen LogP) is 6.53. The second-order valence-corrected chi connectivity index (χ2v) is 18.7. The third-order valence-electron chi connectivity index (χ3n) is 7.38. The highest BCUT2D eigenvalue weighted by molar-refractivity contribution is 9.10. The van der Waals surface area contributed by atoms with Gasteiger partial charge in [0.25, 0.3) is 0 Å². The number of aryl methyl sites for hydroxylation is 1. The van der Waals surface area contributed by atoms with Gasteiger partial charge in [0.15, 0.2) is 0 Å². The van der Waals surface area contributed by atoms with Crippen LogP contribution in [0.4, 0.5) is 5.95 Å². The second-order valence-electron chi connectivity index (χ2n) is 12.2. The lowest BCUT2D eigenvalue weighted by Gasteiger charge is -2.36. The zero-order chi connectivity index (χ0) is 28.3. The van der Waals surface area contributed by atoms with Crippen molar-refractivity contribution < 1.29 is 9.84 Å². The summed E-state index contributed by atoms with van der Waals surface area (Å²) in [5.41, 5.74) is 5.34. The van der Waals surface area contributed by atoms with Crippen molar-refractivity contribution in [1.82, 2.24) is 19.4 Å². The van der Waals surface area contributed by atoms with Gasteiger partial charge in [-0.1, -0.05) is 72.0 Å². The largest absolute Gasteiger partial charge is 0.392 e. The van der Waals surface area contributed by atoms with E-state index in [-0.39, 0.29) is 6.04 Å². The van der Waals surface area contributed by atoms with Gasteiger partial charge in [0.05, 0.1) is 17.3 Å². The summed E-state index contributed by atoms with van der Waals surface area (Å²) in [4.78, 5) is 11.9. The number of nitrogens with one attached hydrogen (secondary N) is 1. The van der Waals surface area contributed by atoms with E-state index in [1.54, 1.807) is 0 Å². The maximum Gasteiger partial charge on any atom is 0.223 e. The van der Waals surface area contributed by atoms with Crippen LogP contribution in [0.5, 0.6) is 0 Å². The number of ether oxygens (including phenoxy) is 1. The molecule has 4 aromatic rings. The van der Waals surface area contributed by atoms with Gasteiger partial charge >= 0.3 is 0 Å². The van der Waals surface area contributed by atoms with Crippen molar-refractivity contribution in [2.24, 2.45) is 0 Å². The molecule has 1 aliphatic heterocycles. The lowest BCUT2D eigenvalue weighted by molar-refractivity contribution is 0.0602. The predicted molar refractivity (Wildman–Crippen MR) is 169 cm³/mol. The number of hydrogen-bond acceptors (Lipinski definition) is 6. The number of rotatable bonds is 10. The van der Waals surface area contributed by atoms with Crippen LogP contribution in [0, 0.1) is 6.92 Å². The quantitative estimate of drug-likeness (QED) is 0.155. The van der Waals surface area contributed by atoms with Crippen LogP contribution >= 0.6 is 15.9 Å². The van der Waals surface area contributed by atoms with Crippen molar-refractivity contribution in [3.05, 3.63) is 76.5 Å². The molecule has 212 valence electrons. The molecular weight excluding hydrogens is 582 g/mol. The molecule has 0 saturated carbocycles. The van der Waals surface area contributed by atoms with Crippen LogP contribution in [0.2, 0.25) is 25.7 Å². The Morgan fingerprint density at radius 1 is 1.12 bits per heavy atom. The van der Waals surface area contributed by atoms with Crippen molar-refractivity contribution in [2.45, 2.75) is 64.5 Å². The molecular formula is C31H40BrN5O2Si. The van der Waals surface area contributed by atoms with Crippen LogP contribution in [0.1, 0.15) is 17.5 Å². The number of halogens is 1. The highest BCUT2D eigenvalue weighted by atomic mass is 79.9. The van der Waals surface area contributed by atoms with E-state index < -0.39 is 14.2 Å². The highest BCUT2D eigenvalue weighted by Crippen LogP contribution is 2.33. The van der Waals surface area contributed by atoms with Gasteiger partial charge in [-0.2, -0.15) is 0 Å². The van der Waals surface area contributed by atoms with Gasteiger partial charge in [-0.25, -0.2) is 9.97 Å². The van der Waals surface area contributed by atoms with Gasteiger partial charge in [-0.05, 0) is 42.6 Å². The number of aliphatic hydroxyl groups excluding tert-OH is 1. The Hall–Kier alpha value is -2.56. The highest BCUT2D eigenvalue weighted by Gasteiger charge is 2.27. The number of hydrogen-bond donors (Lipinski definition) is 2. The molecule has 1 saturated heterocycles. The summed E-state index contributed by atoms with van der Waals surface area (Å²) in [6, 6.07) is 18.0. The molecule has 0 aliphatic carbocycles. The van der Waals surface area contributed by atoms with Gasteiger partial charge in [0.1, 0.15) is 6.73 Å². The molecule has 5 rings (SSSR count). The molecule has 1 fully saturated rings. The van der Waals surface area contributed by atoms with Crippen molar-refractivity contribution in [3.8, 4) is 11.3 Å². The third-order valence-corrected chi connectivity index (χ3v) is 9.58. The Labute approximate surface area is 246 Å². The molecule has 1 aliphatic rings. The molecule has 2 aromatic heterocycles. The fourth-order valence-electron chi connectivity index (χ4n) is 5.31. The third kappa shape index (κ3) is 7.38. The first-order chi connectivity index (χ1) is 19.1. The fourth-order valence-corrected chi connectivity index (χ4v) is 6.41. The smallest absolute Gasteiger partial charge is 0.223 e. The minimum Gasteiger partial charge on any atom is -0.392 e. The van der Waals surface area contributed by atoms with Crippen LogP contribution in [0.15, 0.2) is 65.4 Å². The average Bonchev–Trinajstić information content (AvgIpc) is 3.25. The number of β-amino-alcohol motifs (C(OH)–C–C–N with tert-alkyl or cyclic N) is 1. The van der Waals surface area contributed by atoms with Gasteiger partial charge in [0.2, 0.25) is 5.95 Å². The van der Waals surface area contributed by atoms with Crippen LogP contribution in [-0.4, -0.2) is 64.5 Å². The van der Waals surface area contributed by atoms with E-state index in [2.05, 4.69) is 111 Å².